The van der Waals surface area contributed by atoms with Crippen molar-refractivity contribution in [3.63, 3.8) is 0 Å². The summed E-state index contributed by atoms with van der Waals surface area (Å²) in [6, 6.07) is 1.59. The number of nitrogens with zero attached hydrogens (tertiary/aromatic N) is 2. The fraction of sp³-hybridized carbons (Fsp3) is 0.500. The summed E-state index contributed by atoms with van der Waals surface area (Å²) in [5.74, 6) is -5.90. The van der Waals surface area contributed by atoms with Crippen molar-refractivity contribution < 1.29 is 27.5 Å². The Morgan fingerprint density at radius 2 is 1.71 bits per heavy atom. The normalized spacial score (nSPS) is 10.8. The van der Waals surface area contributed by atoms with Crippen LogP contribution in [0.3, 0.4) is 0 Å². The molecule has 5 nitrogen and oxygen atoms in total. The number of ether oxygens (including phenoxy) is 1. The highest BCUT2D eigenvalue weighted by atomic mass is 19.2. The van der Waals surface area contributed by atoms with E-state index in [1.807, 2.05) is 0 Å². The van der Waals surface area contributed by atoms with E-state index in [4.69, 9.17) is 4.74 Å². The third-order valence-electron chi connectivity index (χ3n) is 3.26. The third kappa shape index (κ3) is 5.52. The maximum absolute atomic E-state index is 13.8. The molecule has 0 aromatic heterocycles. The number of likely N-dealkylation sites (N-methyl/N-ethyl adjacent to an activating group) is 1. The van der Waals surface area contributed by atoms with Crippen LogP contribution in [0.5, 0.6) is 0 Å². The minimum Gasteiger partial charge on any atom is -0.466 e. The SMILES string of the molecule is CCOC(=O)CCN(CCN(C)C)C(=O)c1ccc(F)c(F)c1F. The van der Waals surface area contributed by atoms with Gasteiger partial charge in [-0.05, 0) is 33.2 Å². The molecule has 0 fully saturated rings. The first-order chi connectivity index (χ1) is 11.3. The summed E-state index contributed by atoms with van der Waals surface area (Å²) in [6.07, 6.45) is -0.0711. The molecule has 0 bridgehead atoms. The molecular formula is C16H21F3N2O3. The van der Waals surface area contributed by atoms with E-state index in [0.29, 0.717) is 12.6 Å². The van der Waals surface area contributed by atoms with E-state index in [-0.39, 0.29) is 26.1 Å². The van der Waals surface area contributed by atoms with Gasteiger partial charge < -0.3 is 14.5 Å². The van der Waals surface area contributed by atoms with Gasteiger partial charge in [-0.2, -0.15) is 0 Å². The standard InChI is InChI=1S/C16H21F3N2O3/c1-4-24-13(22)7-8-21(10-9-20(2)3)16(23)11-5-6-12(17)15(19)14(11)18/h5-6H,4,7-10H2,1-3H3. The van der Waals surface area contributed by atoms with Crippen molar-refractivity contribution in [2.75, 3.05) is 40.3 Å². The van der Waals surface area contributed by atoms with E-state index >= 15 is 0 Å². The van der Waals surface area contributed by atoms with Crippen LogP contribution in [0.15, 0.2) is 12.1 Å². The van der Waals surface area contributed by atoms with Crippen molar-refractivity contribution in [3.8, 4) is 0 Å². The molecule has 1 aromatic rings. The Kier molecular flexibility index (Phi) is 7.70. The van der Waals surface area contributed by atoms with Gasteiger partial charge in [0.2, 0.25) is 0 Å². The highest BCUT2D eigenvalue weighted by Crippen LogP contribution is 2.17. The lowest BCUT2D eigenvalue weighted by Gasteiger charge is -2.24. The zero-order valence-electron chi connectivity index (χ0n) is 13.9. The fourth-order valence-electron chi connectivity index (χ4n) is 1.96. The van der Waals surface area contributed by atoms with Crippen LogP contribution >= 0.6 is 0 Å². The molecule has 1 rings (SSSR count). The second kappa shape index (κ2) is 9.27. The van der Waals surface area contributed by atoms with Crippen molar-refractivity contribution in [1.82, 2.24) is 9.80 Å². The summed E-state index contributed by atoms with van der Waals surface area (Å²) in [5.41, 5.74) is -0.573. The van der Waals surface area contributed by atoms with E-state index in [1.165, 1.54) is 4.90 Å². The van der Waals surface area contributed by atoms with Gasteiger partial charge in [0, 0.05) is 19.6 Å². The number of halogens is 3. The smallest absolute Gasteiger partial charge is 0.307 e. The number of carbonyl (C=O) groups excluding carboxylic acids is 2. The fourth-order valence-corrected chi connectivity index (χ4v) is 1.96. The number of carbonyl (C=O) groups is 2. The average molecular weight is 346 g/mol. The molecule has 24 heavy (non-hydrogen) atoms. The molecule has 134 valence electrons. The Labute approximate surface area is 139 Å². The summed E-state index contributed by atoms with van der Waals surface area (Å²) in [5, 5.41) is 0. The van der Waals surface area contributed by atoms with Gasteiger partial charge in [0.15, 0.2) is 17.5 Å². The number of hydrogen-bond acceptors (Lipinski definition) is 4. The van der Waals surface area contributed by atoms with Crippen molar-refractivity contribution in [3.05, 3.63) is 35.1 Å². The minimum absolute atomic E-state index is 0.00998. The molecule has 0 heterocycles. The van der Waals surface area contributed by atoms with Gasteiger partial charge in [0.05, 0.1) is 18.6 Å². The summed E-state index contributed by atoms with van der Waals surface area (Å²) >= 11 is 0. The predicted octanol–water partition coefficient (Wildman–Crippen LogP) is 2.06. The van der Waals surface area contributed by atoms with Crippen LogP contribution in [0, 0.1) is 17.5 Å². The highest BCUT2D eigenvalue weighted by Gasteiger charge is 2.24. The van der Waals surface area contributed by atoms with Crippen LogP contribution in [0.4, 0.5) is 13.2 Å². The first-order valence-electron chi connectivity index (χ1n) is 7.51. The minimum atomic E-state index is -1.70. The largest absolute Gasteiger partial charge is 0.466 e. The van der Waals surface area contributed by atoms with E-state index < -0.39 is 34.9 Å². The number of esters is 1. The molecule has 8 heteroatoms. The molecule has 1 aromatic carbocycles. The van der Waals surface area contributed by atoms with Gasteiger partial charge in [-0.1, -0.05) is 0 Å². The molecule has 0 saturated carbocycles. The molecule has 0 aliphatic carbocycles. The van der Waals surface area contributed by atoms with Crippen LogP contribution in [0.1, 0.15) is 23.7 Å². The van der Waals surface area contributed by atoms with E-state index in [2.05, 4.69) is 0 Å². The van der Waals surface area contributed by atoms with Crippen LogP contribution in [-0.2, 0) is 9.53 Å². The second-order valence-electron chi connectivity index (χ2n) is 5.37. The average Bonchev–Trinajstić information content (AvgIpc) is 2.52. The quantitative estimate of drug-likeness (QED) is 0.534. The van der Waals surface area contributed by atoms with Crippen molar-refractivity contribution >= 4 is 11.9 Å². The van der Waals surface area contributed by atoms with E-state index in [1.54, 1.807) is 25.9 Å². The molecule has 0 aliphatic rings. The Hall–Kier alpha value is -2.09. The summed E-state index contributed by atoms with van der Waals surface area (Å²) in [4.78, 5) is 26.9. The van der Waals surface area contributed by atoms with Crippen LogP contribution in [0.2, 0.25) is 0 Å². The first-order valence-corrected chi connectivity index (χ1v) is 7.51. The second-order valence-corrected chi connectivity index (χ2v) is 5.37. The van der Waals surface area contributed by atoms with Gasteiger partial charge in [0.1, 0.15) is 0 Å². The molecule has 1 amide bonds. The highest BCUT2D eigenvalue weighted by molar-refractivity contribution is 5.94. The van der Waals surface area contributed by atoms with Gasteiger partial charge in [0.25, 0.3) is 5.91 Å². The molecule has 0 atom stereocenters. The Balaban J connectivity index is 2.94. The zero-order chi connectivity index (χ0) is 18.3. The maximum atomic E-state index is 13.8. The van der Waals surface area contributed by atoms with E-state index in [0.717, 1.165) is 6.07 Å². The first kappa shape index (κ1) is 20.0. The summed E-state index contributed by atoms with van der Waals surface area (Å²) in [6.45, 7) is 2.51. The van der Waals surface area contributed by atoms with Gasteiger partial charge in [-0.3, -0.25) is 9.59 Å². The molecule has 0 N–H and O–H groups in total. The van der Waals surface area contributed by atoms with E-state index in [9.17, 15) is 22.8 Å². The Bertz CT molecular complexity index is 594. The number of benzene rings is 1. The Morgan fingerprint density at radius 3 is 2.29 bits per heavy atom. The lowest BCUT2D eigenvalue weighted by atomic mass is 10.1. The molecular weight excluding hydrogens is 325 g/mol. The molecule has 0 saturated heterocycles. The zero-order valence-corrected chi connectivity index (χ0v) is 13.9. The third-order valence-corrected chi connectivity index (χ3v) is 3.26. The van der Waals surface area contributed by atoms with Gasteiger partial charge >= 0.3 is 5.97 Å². The monoisotopic (exact) mass is 346 g/mol. The molecule has 0 spiro atoms. The lowest BCUT2D eigenvalue weighted by molar-refractivity contribution is -0.143. The number of amides is 1. The lowest BCUT2D eigenvalue weighted by Crippen LogP contribution is -2.38. The van der Waals surface area contributed by atoms with Crippen LogP contribution in [-0.4, -0.2) is 62.0 Å². The topological polar surface area (TPSA) is 49.9 Å². The van der Waals surface area contributed by atoms with Crippen molar-refractivity contribution in [1.29, 1.82) is 0 Å². The van der Waals surface area contributed by atoms with Crippen LogP contribution in [0.25, 0.3) is 0 Å². The van der Waals surface area contributed by atoms with Crippen LogP contribution < -0.4 is 0 Å². The van der Waals surface area contributed by atoms with Crippen molar-refractivity contribution in [2.45, 2.75) is 13.3 Å². The molecule has 0 aliphatic heterocycles. The summed E-state index contributed by atoms with van der Waals surface area (Å²) < 4.78 is 45.0. The number of rotatable bonds is 8. The van der Waals surface area contributed by atoms with Gasteiger partial charge in [-0.15, -0.1) is 0 Å². The molecule has 0 unspecified atom stereocenters. The van der Waals surface area contributed by atoms with Crippen molar-refractivity contribution in [2.24, 2.45) is 0 Å². The summed E-state index contributed by atoms with van der Waals surface area (Å²) in [7, 11) is 3.57. The number of hydrogen-bond donors (Lipinski definition) is 0. The Morgan fingerprint density at radius 1 is 1.04 bits per heavy atom. The molecule has 0 radical (unpaired) electrons. The maximum Gasteiger partial charge on any atom is 0.307 e. The van der Waals surface area contributed by atoms with Gasteiger partial charge in [-0.25, -0.2) is 13.2 Å². The predicted molar refractivity (Wildman–Crippen MR) is 82.0 cm³/mol.